The van der Waals surface area contributed by atoms with Crippen molar-refractivity contribution < 1.29 is 17.7 Å². The van der Waals surface area contributed by atoms with Crippen LogP contribution in [-0.4, -0.2) is 66.6 Å². The maximum absolute atomic E-state index is 12.6. The first kappa shape index (κ1) is 17.9. The molecule has 1 amide bonds. The summed E-state index contributed by atoms with van der Waals surface area (Å²) in [5.74, 6) is 2.30. The van der Waals surface area contributed by atoms with Crippen molar-refractivity contribution in [1.29, 1.82) is 0 Å². The van der Waals surface area contributed by atoms with Crippen LogP contribution in [0.2, 0.25) is 0 Å². The van der Waals surface area contributed by atoms with Gasteiger partial charge in [-0.3, -0.25) is 4.79 Å². The molecule has 2 atom stereocenters. The standard InChI is InChI=1S/C17H26N4O4S/c1-20(26(2,23)24)10-15(22)21-9-13-4-3-7-17(13,11-21)16-18-14(19-25-16)8-12-5-6-12/h12-13H,3-11H2,1-2H3/t13-,17-/m1/s1. The summed E-state index contributed by atoms with van der Waals surface area (Å²) >= 11 is 0. The van der Waals surface area contributed by atoms with Gasteiger partial charge in [0, 0.05) is 26.6 Å². The molecule has 0 spiro atoms. The maximum Gasteiger partial charge on any atom is 0.237 e. The van der Waals surface area contributed by atoms with Gasteiger partial charge < -0.3 is 9.42 Å². The Morgan fingerprint density at radius 1 is 1.38 bits per heavy atom. The molecule has 0 bridgehead atoms. The Morgan fingerprint density at radius 3 is 2.85 bits per heavy atom. The number of carbonyl (C=O) groups excluding carboxylic acids is 1. The number of likely N-dealkylation sites (N-methyl/N-ethyl adjacent to an activating group) is 1. The van der Waals surface area contributed by atoms with Gasteiger partial charge in [0.1, 0.15) is 0 Å². The minimum atomic E-state index is -3.37. The number of rotatable bonds is 6. The number of amides is 1. The SMILES string of the molecule is CN(CC(=O)N1C[C@H]2CCC[C@@]2(c2nc(CC3CC3)no2)C1)S(C)(=O)=O. The van der Waals surface area contributed by atoms with E-state index in [-0.39, 0.29) is 17.9 Å². The Morgan fingerprint density at radius 2 is 2.15 bits per heavy atom. The number of likely N-dealkylation sites (tertiary alicyclic amines) is 1. The number of sulfonamides is 1. The fourth-order valence-corrected chi connectivity index (χ4v) is 4.70. The van der Waals surface area contributed by atoms with E-state index in [9.17, 15) is 13.2 Å². The quantitative estimate of drug-likeness (QED) is 0.722. The van der Waals surface area contributed by atoms with Gasteiger partial charge in [0.05, 0.1) is 18.2 Å². The molecule has 144 valence electrons. The van der Waals surface area contributed by atoms with Crippen LogP contribution >= 0.6 is 0 Å². The van der Waals surface area contributed by atoms with Gasteiger partial charge in [-0.15, -0.1) is 0 Å². The topological polar surface area (TPSA) is 96.6 Å². The number of hydrogen-bond acceptors (Lipinski definition) is 6. The van der Waals surface area contributed by atoms with Gasteiger partial charge >= 0.3 is 0 Å². The Balaban J connectivity index is 1.49. The van der Waals surface area contributed by atoms with Crippen LogP contribution in [0.15, 0.2) is 4.52 Å². The molecule has 9 heteroatoms. The second-order valence-corrected chi connectivity index (χ2v) is 10.3. The minimum Gasteiger partial charge on any atom is -0.340 e. The van der Waals surface area contributed by atoms with Crippen molar-refractivity contribution in [2.75, 3.05) is 32.9 Å². The maximum atomic E-state index is 12.6. The largest absolute Gasteiger partial charge is 0.340 e. The molecule has 1 saturated heterocycles. The third kappa shape index (κ3) is 3.26. The molecule has 0 radical (unpaired) electrons. The first-order valence-electron chi connectivity index (χ1n) is 9.30. The molecular weight excluding hydrogens is 356 g/mol. The zero-order chi connectivity index (χ0) is 18.5. The number of aromatic nitrogens is 2. The van der Waals surface area contributed by atoms with Crippen LogP contribution in [0.4, 0.5) is 0 Å². The average molecular weight is 382 g/mol. The van der Waals surface area contributed by atoms with E-state index in [0.717, 1.165) is 42.1 Å². The Hall–Kier alpha value is -1.48. The van der Waals surface area contributed by atoms with E-state index in [2.05, 4.69) is 10.1 Å². The van der Waals surface area contributed by atoms with E-state index in [1.807, 2.05) is 0 Å². The van der Waals surface area contributed by atoms with Gasteiger partial charge in [0.15, 0.2) is 5.82 Å². The Labute approximate surface area is 154 Å². The fourth-order valence-electron chi connectivity index (χ4n) is 4.36. The van der Waals surface area contributed by atoms with E-state index in [1.54, 1.807) is 4.90 Å². The minimum absolute atomic E-state index is 0.127. The lowest BCUT2D eigenvalue weighted by Crippen LogP contribution is -2.41. The lowest BCUT2D eigenvalue weighted by molar-refractivity contribution is -0.130. The third-order valence-corrected chi connectivity index (χ3v) is 7.47. The van der Waals surface area contributed by atoms with Crippen molar-refractivity contribution >= 4 is 15.9 Å². The molecule has 2 saturated carbocycles. The lowest BCUT2D eigenvalue weighted by atomic mass is 9.80. The average Bonchev–Trinajstić information content (AvgIpc) is 2.95. The van der Waals surface area contributed by atoms with Crippen LogP contribution in [0.3, 0.4) is 0 Å². The summed E-state index contributed by atoms with van der Waals surface area (Å²) in [6, 6.07) is 0. The first-order chi connectivity index (χ1) is 12.3. The summed E-state index contributed by atoms with van der Waals surface area (Å²) in [7, 11) is -1.94. The van der Waals surface area contributed by atoms with E-state index in [4.69, 9.17) is 4.52 Å². The fraction of sp³-hybridized carbons (Fsp3) is 0.824. The molecular formula is C17H26N4O4S. The molecule has 2 heterocycles. The van der Waals surface area contributed by atoms with Crippen LogP contribution in [0.1, 0.15) is 43.8 Å². The van der Waals surface area contributed by atoms with Crippen LogP contribution in [-0.2, 0) is 26.7 Å². The third-order valence-electron chi connectivity index (χ3n) is 6.21. The van der Waals surface area contributed by atoms with Crippen LogP contribution in [0, 0.1) is 11.8 Å². The monoisotopic (exact) mass is 382 g/mol. The van der Waals surface area contributed by atoms with Crippen LogP contribution < -0.4 is 0 Å². The molecule has 4 rings (SSSR count). The van der Waals surface area contributed by atoms with Crippen LogP contribution in [0.5, 0.6) is 0 Å². The molecule has 1 aliphatic heterocycles. The summed E-state index contributed by atoms with van der Waals surface area (Å²) in [6.07, 6.45) is 7.55. The second-order valence-electron chi connectivity index (χ2n) is 8.20. The highest BCUT2D eigenvalue weighted by molar-refractivity contribution is 7.88. The smallest absolute Gasteiger partial charge is 0.237 e. The Bertz CT molecular complexity index is 803. The molecule has 2 aliphatic carbocycles. The van der Waals surface area contributed by atoms with Crippen molar-refractivity contribution in [3.05, 3.63) is 11.7 Å². The van der Waals surface area contributed by atoms with E-state index < -0.39 is 10.0 Å². The van der Waals surface area contributed by atoms with E-state index in [1.165, 1.54) is 19.9 Å². The van der Waals surface area contributed by atoms with Crippen molar-refractivity contribution in [1.82, 2.24) is 19.3 Å². The van der Waals surface area contributed by atoms with Crippen LogP contribution in [0.25, 0.3) is 0 Å². The molecule has 3 fully saturated rings. The number of fused-ring (bicyclic) bond motifs is 1. The highest BCUT2D eigenvalue weighted by Crippen LogP contribution is 2.50. The molecule has 1 aromatic heterocycles. The van der Waals surface area contributed by atoms with Crippen molar-refractivity contribution in [2.24, 2.45) is 11.8 Å². The summed E-state index contributed by atoms with van der Waals surface area (Å²) in [5.41, 5.74) is -0.256. The zero-order valence-corrected chi connectivity index (χ0v) is 16.2. The molecule has 26 heavy (non-hydrogen) atoms. The predicted molar refractivity (Wildman–Crippen MR) is 93.8 cm³/mol. The normalized spacial score (nSPS) is 28.7. The lowest BCUT2D eigenvalue weighted by Gasteiger charge is -2.25. The summed E-state index contributed by atoms with van der Waals surface area (Å²) in [6.45, 7) is 1.05. The van der Waals surface area contributed by atoms with Gasteiger partial charge in [-0.1, -0.05) is 11.6 Å². The predicted octanol–water partition coefficient (Wildman–Crippen LogP) is 0.794. The van der Waals surface area contributed by atoms with Crippen molar-refractivity contribution in [2.45, 2.75) is 43.9 Å². The molecule has 8 nitrogen and oxygen atoms in total. The second kappa shape index (κ2) is 6.30. The van der Waals surface area contributed by atoms with E-state index in [0.29, 0.717) is 30.8 Å². The zero-order valence-electron chi connectivity index (χ0n) is 15.3. The van der Waals surface area contributed by atoms with Crippen molar-refractivity contribution in [3.8, 4) is 0 Å². The van der Waals surface area contributed by atoms with Gasteiger partial charge in [0.25, 0.3) is 0 Å². The molecule has 3 aliphatic rings. The first-order valence-corrected chi connectivity index (χ1v) is 11.1. The molecule has 0 N–H and O–H groups in total. The highest BCUT2D eigenvalue weighted by atomic mass is 32.2. The summed E-state index contributed by atoms with van der Waals surface area (Å²) < 4.78 is 29.9. The molecule has 0 unspecified atom stereocenters. The number of nitrogens with zero attached hydrogens (tertiary/aromatic N) is 4. The van der Waals surface area contributed by atoms with Gasteiger partial charge in [-0.25, -0.2) is 8.42 Å². The summed E-state index contributed by atoms with van der Waals surface area (Å²) in [5, 5.41) is 4.17. The van der Waals surface area contributed by atoms with Gasteiger partial charge in [-0.2, -0.15) is 9.29 Å². The van der Waals surface area contributed by atoms with Gasteiger partial charge in [0.2, 0.25) is 21.8 Å². The number of hydrogen-bond donors (Lipinski definition) is 0. The number of carbonyl (C=O) groups is 1. The highest BCUT2D eigenvalue weighted by Gasteiger charge is 2.55. The summed E-state index contributed by atoms with van der Waals surface area (Å²) in [4.78, 5) is 19.1. The van der Waals surface area contributed by atoms with Gasteiger partial charge in [-0.05, 0) is 37.5 Å². The van der Waals surface area contributed by atoms with Crippen molar-refractivity contribution in [3.63, 3.8) is 0 Å². The molecule has 1 aromatic rings. The molecule has 0 aromatic carbocycles. The Kier molecular flexibility index (Phi) is 4.34. The van der Waals surface area contributed by atoms with E-state index >= 15 is 0 Å².